The molecule has 0 aromatic heterocycles. The van der Waals surface area contributed by atoms with Gasteiger partial charge in [0.2, 0.25) is 0 Å². The van der Waals surface area contributed by atoms with Crippen molar-refractivity contribution in [3.8, 4) is 0 Å². The Morgan fingerprint density at radius 2 is 1.83 bits per heavy atom. The highest BCUT2D eigenvalue weighted by atomic mass is 79.9. The van der Waals surface area contributed by atoms with E-state index in [0.29, 0.717) is 14.6 Å². The third-order valence-electron chi connectivity index (χ3n) is 1.18. The molecule has 63 valence electrons. The van der Waals surface area contributed by atoms with Crippen LogP contribution in [-0.4, -0.2) is 6.41 Å². The summed E-state index contributed by atoms with van der Waals surface area (Å²) in [6, 6.07) is 2.51. The van der Waals surface area contributed by atoms with E-state index in [4.69, 9.17) is 0 Å². The standard InChI is InChI=1S/C7H3Br2FNO/c8-5-1-4(10)2-6(9)7(5)11-3-12/h1-2H,(H,11,12). The van der Waals surface area contributed by atoms with Gasteiger partial charge in [0.15, 0.2) is 0 Å². The summed E-state index contributed by atoms with van der Waals surface area (Å²) in [5.41, 5.74) is 0.464. The molecule has 0 heterocycles. The lowest BCUT2D eigenvalue weighted by Gasteiger charge is -2.04. The van der Waals surface area contributed by atoms with Crippen molar-refractivity contribution in [2.24, 2.45) is 0 Å². The third kappa shape index (κ3) is 2.04. The molecule has 1 amide bonds. The average Bonchev–Trinajstić information content (AvgIpc) is 1.96. The lowest BCUT2D eigenvalue weighted by atomic mass is 10.3. The van der Waals surface area contributed by atoms with Gasteiger partial charge in [-0.1, -0.05) is 0 Å². The third-order valence-corrected chi connectivity index (χ3v) is 2.43. The highest BCUT2D eigenvalue weighted by Crippen LogP contribution is 2.31. The smallest absolute Gasteiger partial charge is 0.314 e. The number of nitrogens with one attached hydrogen (secondary N) is 1. The minimum Gasteiger partial charge on any atom is -0.316 e. The van der Waals surface area contributed by atoms with Gasteiger partial charge in [-0.3, -0.25) is 4.79 Å². The van der Waals surface area contributed by atoms with Gasteiger partial charge < -0.3 is 5.32 Å². The van der Waals surface area contributed by atoms with Gasteiger partial charge in [0.25, 0.3) is 0 Å². The molecule has 1 N–H and O–H groups in total. The minimum atomic E-state index is -0.384. The predicted molar refractivity (Wildman–Crippen MR) is 51.1 cm³/mol. The molecule has 0 aliphatic carbocycles. The van der Waals surface area contributed by atoms with Crippen LogP contribution in [0.4, 0.5) is 10.1 Å². The van der Waals surface area contributed by atoms with Crippen molar-refractivity contribution in [2.45, 2.75) is 0 Å². The van der Waals surface area contributed by atoms with Crippen LogP contribution in [0.15, 0.2) is 21.1 Å². The van der Waals surface area contributed by atoms with E-state index in [2.05, 4.69) is 37.2 Å². The molecule has 0 bridgehead atoms. The number of carbonyl (C=O) groups excluding carboxylic acids is 1. The van der Waals surface area contributed by atoms with Crippen molar-refractivity contribution in [3.63, 3.8) is 0 Å². The molecule has 0 saturated heterocycles. The van der Waals surface area contributed by atoms with E-state index in [9.17, 15) is 9.18 Å². The van der Waals surface area contributed by atoms with Crippen molar-refractivity contribution < 1.29 is 9.18 Å². The number of hydrogen-bond acceptors (Lipinski definition) is 1. The van der Waals surface area contributed by atoms with Gasteiger partial charge in [-0.2, -0.15) is 0 Å². The molecule has 1 radical (unpaired) electrons. The second-order valence-corrected chi connectivity index (χ2v) is 3.68. The van der Waals surface area contributed by atoms with Crippen molar-refractivity contribution >= 4 is 44.0 Å². The fraction of sp³-hybridized carbons (Fsp3) is 0. The van der Waals surface area contributed by atoms with Crippen molar-refractivity contribution in [1.82, 2.24) is 0 Å². The van der Waals surface area contributed by atoms with E-state index in [1.165, 1.54) is 18.5 Å². The van der Waals surface area contributed by atoms with Crippen LogP contribution in [-0.2, 0) is 4.79 Å². The van der Waals surface area contributed by atoms with Gasteiger partial charge >= 0.3 is 6.41 Å². The van der Waals surface area contributed by atoms with E-state index in [-0.39, 0.29) is 5.82 Å². The summed E-state index contributed by atoms with van der Waals surface area (Å²) >= 11 is 6.18. The topological polar surface area (TPSA) is 29.1 Å². The fourth-order valence-electron chi connectivity index (χ4n) is 0.713. The van der Waals surface area contributed by atoms with Gasteiger partial charge in [0.05, 0.1) is 5.69 Å². The summed E-state index contributed by atoms with van der Waals surface area (Å²) in [6.07, 6.45) is 1.50. The maximum Gasteiger partial charge on any atom is 0.314 e. The zero-order chi connectivity index (χ0) is 9.14. The monoisotopic (exact) mass is 294 g/mol. The zero-order valence-corrected chi connectivity index (χ0v) is 8.87. The Hall–Kier alpha value is -0.420. The number of benzene rings is 1. The summed E-state index contributed by atoms with van der Waals surface area (Å²) in [5, 5.41) is 2.31. The summed E-state index contributed by atoms with van der Waals surface area (Å²) in [5.74, 6) is -0.384. The molecule has 0 aliphatic heterocycles. The maximum atomic E-state index is 12.7. The highest BCUT2D eigenvalue weighted by molar-refractivity contribution is 9.11. The summed E-state index contributed by atoms with van der Waals surface area (Å²) < 4.78 is 13.6. The quantitative estimate of drug-likeness (QED) is 0.835. The molecule has 0 atom stereocenters. The molecule has 12 heavy (non-hydrogen) atoms. The Morgan fingerprint density at radius 3 is 2.25 bits per heavy atom. The molecule has 1 aromatic carbocycles. The first-order valence-electron chi connectivity index (χ1n) is 2.93. The van der Waals surface area contributed by atoms with Crippen LogP contribution in [0.1, 0.15) is 0 Å². The summed E-state index contributed by atoms with van der Waals surface area (Å²) in [7, 11) is 0. The molecule has 0 saturated carbocycles. The minimum absolute atomic E-state index is 0.384. The first-order chi connectivity index (χ1) is 5.65. The van der Waals surface area contributed by atoms with Gasteiger partial charge in [0, 0.05) is 8.95 Å². The number of halogens is 3. The largest absolute Gasteiger partial charge is 0.316 e. The average molecular weight is 296 g/mol. The molecule has 2 nitrogen and oxygen atoms in total. The molecule has 0 aliphatic rings. The number of amides is 1. The van der Waals surface area contributed by atoms with E-state index >= 15 is 0 Å². The number of rotatable bonds is 2. The molecule has 0 fully saturated rings. The van der Waals surface area contributed by atoms with Crippen molar-refractivity contribution in [1.29, 1.82) is 0 Å². The van der Waals surface area contributed by atoms with Crippen LogP contribution in [0.2, 0.25) is 0 Å². The van der Waals surface area contributed by atoms with Crippen LogP contribution < -0.4 is 5.32 Å². The van der Waals surface area contributed by atoms with Crippen LogP contribution in [0, 0.1) is 5.82 Å². The molecule has 0 spiro atoms. The second kappa shape index (κ2) is 4.00. The van der Waals surface area contributed by atoms with Crippen molar-refractivity contribution in [3.05, 3.63) is 26.9 Å². The molecular weight excluding hydrogens is 293 g/mol. The molecule has 5 heteroatoms. The van der Waals surface area contributed by atoms with Crippen LogP contribution in [0.25, 0.3) is 0 Å². The number of hydrogen-bond donors (Lipinski definition) is 1. The molecular formula is C7H3Br2FNO. The van der Waals surface area contributed by atoms with Gasteiger partial charge in [-0.05, 0) is 44.0 Å². The molecule has 1 rings (SSSR count). The van der Waals surface area contributed by atoms with Gasteiger partial charge in [0.1, 0.15) is 5.82 Å². The Morgan fingerprint density at radius 1 is 1.33 bits per heavy atom. The summed E-state index contributed by atoms with van der Waals surface area (Å²) in [4.78, 5) is 9.99. The maximum absolute atomic E-state index is 12.7. The summed E-state index contributed by atoms with van der Waals surface area (Å²) in [6.45, 7) is 0. The fourth-order valence-corrected chi connectivity index (χ4v) is 2.04. The van der Waals surface area contributed by atoms with Crippen LogP contribution in [0.3, 0.4) is 0 Å². The predicted octanol–water partition coefficient (Wildman–Crippen LogP) is 2.83. The SMILES string of the molecule is O=[C]Nc1c(Br)cc(F)cc1Br. The Balaban J connectivity index is 3.18. The highest BCUT2D eigenvalue weighted by Gasteiger charge is 2.06. The Labute approximate surface area is 85.4 Å². The van der Waals surface area contributed by atoms with E-state index in [0.717, 1.165) is 0 Å². The lowest BCUT2D eigenvalue weighted by molar-refractivity contribution is 0.561. The molecule has 1 aromatic rings. The van der Waals surface area contributed by atoms with Crippen molar-refractivity contribution in [2.75, 3.05) is 5.32 Å². The van der Waals surface area contributed by atoms with E-state index < -0.39 is 0 Å². The zero-order valence-electron chi connectivity index (χ0n) is 5.70. The van der Waals surface area contributed by atoms with Gasteiger partial charge in [-0.15, -0.1) is 0 Å². The lowest BCUT2D eigenvalue weighted by Crippen LogP contribution is -1.96. The Bertz CT molecular complexity index is 293. The first kappa shape index (κ1) is 9.67. The van der Waals surface area contributed by atoms with Crippen LogP contribution in [0.5, 0.6) is 0 Å². The van der Waals surface area contributed by atoms with Crippen LogP contribution >= 0.6 is 31.9 Å². The number of anilines is 1. The normalized spacial score (nSPS) is 9.58. The second-order valence-electron chi connectivity index (χ2n) is 1.97. The van der Waals surface area contributed by atoms with E-state index in [1.54, 1.807) is 0 Å². The van der Waals surface area contributed by atoms with E-state index in [1.807, 2.05) is 0 Å². The van der Waals surface area contributed by atoms with Gasteiger partial charge in [-0.25, -0.2) is 4.39 Å². The molecule has 0 unspecified atom stereocenters. The first-order valence-corrected chi connectivity index (χ1v) is 4.51. The Kier molecular flexibility index (Phi) is 3.22.